The Morgan fingerprint density at radius 3 is 2.25 bits per heavy atom. The number of nitrogens with zero attached hydrogens (tertiary/aromatic N) is 1. The lowest BCUT2D eigenvalue weighted by Crippen LogP contribution is -2.13. The van der Waals surface area contributed by atoms with Gasteiger partial charge >= 0.3 is 6.09 Å². The van der Waals surface area contributed by atoms with Crippen LogP contribution in [0.4, 0.5) is 10.5 Å². The van der Waals surface area contributed by atoms with Gasteiger partial charge in [0.05, 0.1) is 5.71 Å². The molecule has 0 atom stereocenters. The first-order chi connectivity index (χ1) is 9.79. The number of carbonyl (C=O) groups excluding carboxylic acids is 1. The van der Waals surface area contributed by atoms with E-state index >= 15 is 0 Å². The number of para-hydroxylation sites is 1. The number of hydrogen-bond acceptors (Lipinski definition) is 3. The summed E-state index contributed by atoms with van der Waals surface area (Å²) in [5, 5.41) is 6.95. The van der Waals surface area contributed by atoms with Crippen LogP contribution in [0.1, 0.15) is 5.56 Å². The van der Waals surface area contributed by atoms with Gasteiger partial charge in [-0.25, -0.2) is 4.79 Å². The highest BCUT2D eigenvalue weighted by Gasteiger charge is 2.05. The molecule has 1 amide bonds. The molecule has 0 aromatic heterocycles. The molecule has 0 unspecified atom stereocenters. The number of alkyl halides is 1. The van der Waals surface area contributed by atoms with Gasteiger partial charge in [-0.1, -0.05) is 69.6 Å². The molecule has 4 nitrogen and oxygen atoms in total. The lowest BCUT2D eigenvalue weighted by atomic mass is 10.1. The van der Waals surface area contributed by atoms with E-state index in [1.54, 1.807) is 12.1 Å². The van der Waals surface area contributed by atoms with Crippen molar-refractivity contribution in [2.75, 3.05) is 10.6 Å². The Morgan fingerprint density at radius 1 is 1.05 bits per heavy atom. The van der Waals surface area contributed by atoms with Crippen molar-refractivity contribution in [1.82, 2.24) is 0 Å². The number of rotatable bonds is 4. The van der Waals surface area contributed by atoms with Gasteiger partial charge in [0.15, 0.2) is 0 Å². The van der Waals surface area contributed by atoms with Gasteiger partial charge in [-0.3, -0.25) is 10.2 Å². The average Bonchev–Trinajstić information content (AvgIpc) is 2.50. The highest BCUT2D eigenvalue weighted by Crippen LogP contribution is 2.07. The van der Waals surface area contributed by atoms with Gasteiger partial charge in [-0.2, -0.15) is 0 Å². The zero-order chi connectivity index (χ0) is 14.2. The summed E-state index contributed by atoms with van der Waals surface area (Å²) in [5.41, 5.74) is 2.21. The molecule has 0 fully saturated rings. The van der Waals surface area contributed by atoms with Crippen LogP contribution in [0, 0.1) is 0 Å². The van der Waals surface area contributed by atoms with Crippen LogP contribution in [0.5, 0.6) is 0 Å². The summed E-state index contributed by atoms with van der Waals surface area (Å²) in [6.45, 7) is 0. The van der Waals surface area contributed by atoms with Crippen LogP contribution >= 0.6 is 15.9 Å². The Morgan fingerprint density at radius 2 is 1.65 bits per heavy atom. The molecule has 0 radical (unpaired) electrons. The topological polar surface area (TPSA) is 50.7 Å². The molecule has 5 heteroatoms. The molecule has 0 saturated heterocycles. The largest absolute Gasteiger partial charge is 0.437 e. The summed E-state index contributed by atoms with van der Waals surface area (Å²) in [6.07, 6.45) is -0.620. The van der Waals surface area contributed by atoms with E-state index in [2.05, 4.69) is 26.4 Å². The predicted molar refractivity (Wildman–Crippen MR) is 83.3 cm³/mol. The normalized spacial score (nSPS) is 10.9. The summed E-state index contributed by atoms with van der Waals surface area (Å²) in [7, 11) is 0. The van der Waals surface area contributed by atoms with Gasteiger partial charge in [0, 0.05) is 16.6 Å². The third kappa shape index (κ3) is 4.20. The molecular formula is C15H13BrN2O2. The Hall–Kier alpha value is -2.14. The first kappa shape index (κ1) is 14.3. The minimum absolute atomic E-state index is 0.496. The number of hydrogen-bond donors (Lipinski definition) is 1. The van der Waals surface area contributed by atoms with Gasteiger partial charge < -0.3 is 0 Å². The number of nitrogens with one attached hydrogen (secondary N) is 1. The van der Waals surface area contributed by atoms with E-state index in [4.69, 9.17) is 4.84 Å². The first-order valence-electron chi connectivity index (χ1n) is 6.01. The number of benzene rings is 2. The third-order valence-corrected chi connectivity index (χ3v) is 3.02. The number of oxime groups is 1. The Labute approximate surface area is 125 Å². The van der Waals surface area contributed by atoms with E-state index in [9.17, 15) is 4.79 Å². The van der Waals surface area contributed by atoms with Crippen molar-refractivity contribution in [3.05, 3.63) is 66.2 Å². The maximum Gasteiger partial charge on any atom is 0.437 e. The van der Waals surface area contributed by atoms with Crippen molar-refractivity contribution in [3.63, 3.8) is 0 Å². The van der Waals surface area contributed by atoms with Crippen LogP contribution in [-0.4, -0.2) is 17.1 Å². The third-order valence-electron chi connectivity index (χ3n) is 2.49. The van der Waals surface area contributed by atoms with Crippen LogP contribution in [-0.2, 0) is 4.84 Å². The van der Waals surface area contributed by atoms with E-state index in [1.807, 2.05) is 48.5 Å². The van der Waals surface area contributed by atoms with Crippen molar-refractivity contribution in [3.8, 4) is 0 Å². The smallest absolute Gasteiger partial charge is 0.297 e. The molecule has 1 N–H and O–H groups in total. The maximum atomic E-state index is 11.6. The van der Waals surface area contributed by atoms with E-state index in [0.717, 1.165) is 5.56 Å². The second-order valence-corrected chi connectivity index (χ2v) is 4.47. The fourth-order valence-corrected chi connectivity index (χ4v) is 1.97. The first-order valence-corrected chi connectivity index (χ1v) is 7.13. The Bertz CT molecular complexity index is 585. The van der Waals surface area contributed by atoms with Gasteiger partial charge in [-0.15, -0.1) is 0 Å². The van der Waals surface area contributed by atoms with Gasteiger partial charge in [0.2, 0.25) is 0 Å². The second kappa shape index (κ2) is 7.45. The molecule has 2 aromatic carbocycles. The molecule has 2 aromatic rings. The van der Waals surface area contributed by atoms with Crippen molar-refractivity contribution >= 4 is 33.4 Å². The van der Waals surface area contributed by atoms with Crippen LogP contribution in [0.2, 0.25) is 0 Å². The molecule has 0 heterocycles. The molecule has 0 bridgehead atoms. The van der Waals surface area contributed by atoms with Crippen LogP contribution in [0.3, 0.4) is 0 Å². The SMILES string of the molecule is O=C(Nc1ccccc1)O/N=C(/CBr)c1ccccc1. The summed E-state index contributed by atoms with van der Waals surface area (Å²) < 4.78 is 0. The highest BCUT2D eigenvalue weighted by molar-refractivity contribution is 9.09. The molecule has 0 aliphatic rings. The second-order valence-electron chi connectivity index (χ2n) is 3.91. The van der Waals surface area contributed by atoms with Crippen LogP contribution < -0.4 is 5.32 Å². The van der Waals surface area contributed by atoms with Crippen molar-refractivity contribution in [2.24, 2.45) is 5.16 Å². The average molecular weight is 333 g/mol. The molecule has 20 heavy (non-hydrogen) atoms. The molecule has 0 spiro atoms. The number of amides is 1. The van der Waals surface area contributed by atoms with Crippen LogP contribution in [0.25, 0.3) is 0 Å². The highest BCUT2D eigenvalue weighted by atomic mass is 79.9. The van der Waals surface area contributed by atoms with Crippen molar-refractivity contribution in [1.29, 1.82) is 0 Å². The zero-order valence-corrected chi connectivity index (χ0v) is 12.2. The Balaban J connectivity index is 1.99. The number of carbonyl (C=O) groups is 1. The summed E-state index contributed by atoms with van der Waals surface area (Å²) >= 11 is 3.33. The fourth-order valence-electron chi connectivity index (χ4n) is 1.54. The van der Waals surface area contributed by atoms with Gasteiger partial charge in [0.25, 0.3) is 0 Å². The van der Waals surface area contributed by atoms with Crippen LogP contribution in [0.15, 0.2) is 65.8 Å². The molecule has 0 aliphatic carbocycles. The number of halogens is 1. The Kier molecular flexibility index (Phi) is 5.32. The summed E-state index contributed by atoms with van der Waals surface area (Å²) in [4.78, 5) is 16.5. The standard InChI is InChI=1S/C15H13BrN2O2/c16-11-14(12-7-3-1-4-8-12)18-20-15(19)17-13-9-5-2-6-10-13/h1-10H,11H2,(H,17,19)/b18-14-. The van der Waals surface area contributed by atoms with Gasteiger partial charge in [0.1, 0.15) is 0 Å². The summed E-state index contributed by atoms with van der Waals surface area (Å²) in [6, 6.07) is 18.6. The number of anilines is 1. The molecular weight excluding hydrogens is 320 g/mol. The van der Waals surface area contributed by atoms with Crippen molar-refractivity contribution in [2.45, 2.75) is 0 Å². The van der Waals surface area contributed by atoms with E-state index in [-0.39, 0.29) is 0 Å². The molecule has 102 valence electrons. The maximum absolute atomic E-state index is 11.6. The minimum Gasteiger partial charge on any atom is -0.297 e. The quantitative estimate of drug-likeness (QED) is 0.397. The molecule has 2 rings (SSSR count). The van der Waals surface area contributed by atoms with Crippen molar-refractivity contribution < 1.29 is 9.63 Å². The van der Waals surface area contributed by atoms with E-state index < -0.39 is 6.09 Å². The monoisotopic (exact) mass is 332 g/mol. The van der Waals surface area contributed by atoms with E-state index in [1.165, 1.54) is 0 Å². The zero-order valence-electron chi connectivity index (χ0n) is 10.6. The summed E-state index contributed by atoms with van der Waals surface area (Å²) in [5.74, 6) is 0. The fraction of sp³-hybridized carbons (Fsp3) is 0.0667. The predicted octanol–water partition coefficient (Wildman–Crippen LogP) is 4.03. The minimum atomic E-state index is -0.620. The lowest BCUT2D eigenvalue weighted by Gasteiger charge is -2.04. The lowest BCUT2D eigenvalue weighted by molar-refractivity contribution is 0.166. The van der Waals surface area contributed by atoms with E-state index in [0.29, 0.717) is 16.7 Å². The molecule has 0 saturated carbocycles. The molecule has 0 aliphatic heterocycles. The van der Waals surface area contributed by atoms with Gasteiger partial charge in [-0.05, 0) is 12.1 Å².